The predicted molar refractivity (Wildman–Crippen MR) is 96.3 cm³/mol. The van der Waals surface area contributed by atoms with Crippen molar-refractivity contribution in [1.82, 2.24) is 5.32 Å². The molecule has 1 aromatic rings. The Kier molecular flexibility index (Phi) is 9.42. The molecule has 0 amide bonds. The second kappa shape index (κ2) is 10.8. The number of rotatable bonds is 11. The third-order valence-corrected chi connectivity index (χ3v) is 4.41. The van der Waals surface area contributed by atoms with Gasteiger partial charge in [-0.1, -0.05) is 77.1 Å². The summed E-state index contributed by atoms with van der Waals surface area (Å²) >= 11 is 0. The van der Waals surface area contributed by atoms with Gasteiger partial charge in [0.1, 0.15) is 0 Å². The van der Waals surface area contributed by atoms with Gasteiger partial charge < -0.3 is 10.4 Å². The van der Waals surface area contributed by atoms with Crippen LogP contribution in [0.15, 0.2) is 24.3 Å². The summed E-state index contributed by atoms with van der Waals surface area (Å²) in [7, 11) is 0. The summed E-state index contributed by atoms with van der Waals surface area (Å²) < 4.78 is 0. The summed E-state index contributed by atoms with van der Waals surface area (Å²) in [6.45, 7) is 9.69. The SMILES string of the molecule is CCCCCCCCNC(C)C(O)c1ccc(C(C)C)cc1. The Balaban J connectivity index is 2.28. The number of unbranched alkanes of at least 4 members (excludes halogenated alkanes) is 5. The van der Waals surface area contributed by atoms with Crippen molar-refractivity contribution in [2.75, 3.05) is 6.54 Å². The number of hydrogen-bond acceptors (Lipinski definition) is 2. The van der Waals surface area contributed by atoms with Crippen LogP contribution in [0.1, 0.15) is 89.4 Å². The smallest absolute Gasteiger partial charge is 0.0940 e. The lowest BCUT2D eigenvalue weighted by Crippen LogP contribution is -2.32. The van der Waals surface area contributed by atoms with Crippen molar-refractivity contribution in [2.45, 2.75) is 84.3 Å². The van der Waals surface area contributed by atoms with Gasteiger partial charge in [-0.2, -0.15) is 0 Å². The lowest BCUT2D eigenvalue weighted by atomic mass is 9.98. The minimum atomic E-state index is -0.429. The van der Waals surface area contributed by atoms with Crippen LogP contribution in [0.3, 0.4) is 0 Å². The third-order valence-electron chi connectivity index (χ3n) is 4.41. The van der Waals surface area contributed by atoms with E-state index in [1.54, 1.807) is 0 Å². The summed E-state index contributed by atoms with van der Waals surface area (Å²) in [6.07, 6.45) is 7.42. The van der Waals surface area contributed by atoms with Crippen LogP contribution < -0.4 is 5.32 Å². The third kappa shape index (κ3) is 6.93. The molecule has 0 bridgehead atoms. The Morgan fingerprint density at radius 3 is 2.00 bits per heavy atom. The Bertz CT molecular complexity index is 385. The molecular weight excluding hydrogens is 270 g/mol. The molecule has 2 N–H and O–H groups in total. The van der Waals surface area contributed by atoms with Crippen molar-refractivity contribution in [3.05, 3.63) is 35.4 Å². The molecule has 0 aliphatic rings. The maximum absolute atomic E-state index is 10.4. The minimum absolute atomic E-state index is 0.0977. The molecule has 0 saturated carbocycles. The highest BCUT2D eigenvalue weighted by molar-refractivity contribution is 5.26. The molecule has 0 spiro atoms. The highest BCUT2D eigenvalue weighted by Gasteiger charge is 2.15. The molecule has 0 fully saturated rings. The van der Waals surface area contributed by atoms with E-state index in [0.717, 1.165) is 12.1 Å². The first-order valence-corrected chi connectivity index (χ1v) is 9.07. The monoisotopic (exact) mass is 305 g/mol. The molecule has 22 heavy (non-hydrogen) atoms. The number of benzene rings is 1. The van der Waals surface area contributed by atoms with Crippen LogP contribution in [-0.4, -0.2) is 17.7 Å². The van der Waals surface area contributed by atoms with Crippen molar-refractivity contribution >= 4 is 0 Å². The van der Waals surface area contributed by atoms with Crippen LogP contribution in [0.2, 0.25) is 0 Å². The quantitative estimate of drug-likeness (QED) is 0.552. The van der Waals surface area contributed by atoms with Gasteiger partial charge in [-0.15, -0.1) is 0 Å². The number of hydrogen-bond donors (Lipinski definition) is 2. The van der Waals surface area contributed by atoms with Crippen LogP contribution in [0.25, 0.3) is 0 Å². The predicted octanol–water partition coefficient (Wildman–Crippen LogP) is 5.18. The Morgan fingerprint density at radius 2 is 1.41 bits per heavy atom. The Morgan fingerprint density at radius 1 is 0.864 bits per heavy atom. The lowest BCUT2D eigenvalue weighted by Gasteiger charge is -2.21. The Hall–Kier alpha value is -0.860. The van der Waals surface area contributed by atoms with Crippen LogP contribution in [0.5, 0.6) is 0 Å². The first-order valence-electron chi connectivity index (χ1n) is 9.07. The van der Waals surface area contributed by atoms with Crippen LogP contribution >= 0.6 is 0 Å². The standard InChI is InChI=1S/C20H35NO/c1-5-6-7-8-9-10-15-21-17(4)20(22)19-13-11-18(12-14-19)16(2)3/h11-14,16-17,20-22H,5-10,15H2,1-4H3. The highest BCUT2D eigenvalue weighted by atomic mass is 16.3. The number of aliphatic hydroxyl groups is 1. The van der Waals surface area contributed by atoms with Gasteiger partial charge >= 0.3 is 0 Å². The molecule has 0 aliphatic carbocycles. The van der Waals surface area contributed by atoms with E-state index in [-0.39, 0.29) is 6.04 Å². The molecule has 0 radical (unpaired) electrons. The molecule has 2 nitrogen and oxygen atoms in total. The summed E-state index contributed by atoms with van der Waals surface area (Å²) in [5, 5.41) is 13.9. The fourth-order valence-electron chi connectivity index (χ4n) is 2.71. The topological polar surface area (TPSA) is 32.3 Å². The van der Waals surface area contributed by atoms with Gasteiger partial charge in [0.2, 0.25) is 0 Å². The summed E-state index contributed by atoms with van der Waals surface area (Å²) in [4.78, 5) is 0. The highest BCUT2D eigenvalue weighted by Crippen LogP contribution is 2.20. The molecule has 1 rings (SSSR count). The van der Waals surface area contributed by atoms with Crippen molar-refractivity contribution in [2.24, 2.45) is 0 Å². The van der Waals surface area contributed by atoms with Crippen molar-refractivity contribution in [3.63, 3.8) is 0 Å². The van der Waals surface area contributed by atoms with E-state index in [9.17, 15) is 5.11 Å². The van der Waals surface area contributed by atoms with Gasteiger partial charge in [0, 0.05) is 6.04 Å². The molecule has 126 valence electrons. The normalized spacial score (nSPS) is 14.3. The minimum Gasteiger partial charge on any atom is -0.387 e. The molecule has 2 heteroatoms. The molecule has 0 aromatic heterocycles. The molecule has 0 aliphatic heterocycles. The van der Waals surface area contributed by atoms with Gasteiger partial charge in [-0.25, -0.2) is 0 Å². The fourth-order valence-corrected chi connectivity index (χ4v) is 2.71. The van der Waals surface area contributed by atoms with Crippen LogP contribution in [0.4, 0.5) is 0 Å². The van der Waals surface area contributed by atoms with Gasteiger partial charge in [-0.05, 0) is 36.9 Å². The average molecular weight is 306 g/mol. The summed E-state index contributed by atoms with van der Waals surface area (Å²) in [6, 6.07) is 8.47. The molecular formula is C20H35NO. The molecule has 1 aromatic carbocycles. The molecule has 0 saturated heterocycles. The first-order chi connectivity index (χ1) is 10.6. The van der Waals surface area contributed by atoms with Gasteiger partial charge in [0.05, 0.1) is 6.10 Å². The Labute approximate surface area is 137 Å². The van der Waals surface area contributed by atoms with Gasteiger partial charge in [0.25, 0.3) is 0 Å². The zero-order chi connectivity index (χ0) is 16.4. The van der Waals surface area contributed by atoms with Gasteiger partial charge in [-0.3, -0.25) is 0 Å². The van der Waals surface area contributed by atoms with E-state index in [2.05, 4.69) is 57.3 Å². The average Bonchev–Trinajstić information content (AvgIpc) is 2.53. The summed E-state index contributed by atoms with van der Waals surface area (Å²) in [5.74, 6) is 0.537. The fraction of sp³-hybridized carbons (Fsp3) is 0.700. The van der Waals surface area contributed by atoms with E-state index in [4.69, 9.17) is 0 Å². The van der Waals surface area contributed by atoms with Crippen molar-refractivity contribution in [3.8, 4) is 0 Å². The second-order valence-corrected chi connectivity index (χ2v) is 6.78. The van der Waals surface area contributed by atoms with Crippen LogP contribution in [0, 0.1) is 0 Å². The van der Waals surface area contributed by atoms with E-state index >= 15 is 0 Å². The van der Waals surface area contributed by atoms with E-state index in [1.807, 2.05) is 0 Å². The van der Waals surface area contributed by atoms with E-state index in [1.165, 1.54) is 44.1 Å². The van der Waals surface area contributed by atoms with E-state index in [0.29, 0.717) is 5.92 Å². The largest absolute Gasteiger partial charge is 0.387 e. The van der Waals surface area contributed by atoms with Gasteiger partial charge in [0.15, 0.2) is 0 Å². The van der Waals surface area contributed by atoms with Crippen molar-refractivity contribution in [1.29, 1.82) is 0 Å². The zero-order valence-electron chi connectivity index (χ0n) is 14.9. The van der Waals surface area contributed by atoms with Crippen LogP contribution in [-0.2, 0) is 0 Å². The van der Waals surface area contributed by atoms with Crippen molar-refractivity contribution < 1.29 is 5.11 Å². The number of aliphatic hydroxyl groups excluding tert-OH is 1. The summed E-state index contributed by atoms with van der Waals surface area (Å²) in [5.41, 5.74) is 2.33. The lowest BCUT2D eigenvalue weighted by molar-refractivity contribution is 0.136. The second-order valence-electron chi connectivity index (χ2n) is 6.78. The van der Waals surface area contributed by atoms with E-state index < -0.39 is 6.10 Å². The number of nitrogens with one attached hydrogen (secondary N) is 1. The molecule has 0 heterocycles. The first kappa shape index (κ1) is 19.2. The maximum Gasteiger partial charge on any atom is 0.0940 e. The zero-order valence-corrected chi connectivity index (χ0v) is 14.9. The molecule has 2 atom stereocenters. The maximum atomic E-state index is 10.4. The molecule has 2 unspecified atom stereocenters.